The van der Waals surface area contributed by atoms with E-state index in [1.807, 2.05) is 51.1 Å². The predicted molar refractivity (Wildman–Crippen MR) is 91.9 cm³/mol. The number of benzene rings is 1. The van der Waals surface area contributed by atoms with Crippen LogP contribution in [0.15, 0.2) is 30.3 Å². The van der Waals surface area contributed by atoms with E-state index in [0.29, 0.717) is 19.4 Å². The van der Waals surface area contributed by atoms with Crippen molar-refractivity contribution in [2.45, 2.75) is 51.9 Å². The van der Waals surface area contributed by atoms with E-state index in [2.05, 4.69) is 0 Å². The van der Waals surface area contributed by atoms with Gasteiger partial charge in [0.15, 0.2) is 0 Å². The zero-order valence-electron chi connectivity index (χ0n) is 15.4. The van der Waals surface area contributed by atoms with Crippen LogP contribution in [0, 0.1) is 5.92 Å². The number of likely N-dealkylation sites (N-methyl/N-ethyl adjacent to an activating group) is 1. The minimum Gasteiger partial charge on any atom is -1.00 e. The van der Waals surface area contributed by atoms with Crippen molar-refractivity contribution in [2.75, 3.05) is 14.1 Å². The Bertz CT molecular complexity index is 467. The molecule has 0 saturated heterocycles. The van der Waals surface area contributed by atoms with Crippen LogP contribution in [-0.4, -0.2) is 59.7 Å². The maximum absolute atomic E-state index is 12.9. The van der Waals surface area contributed by atoms with Crippen molar-refractivity contribution in [3.05, 3.63) is 35.9 Å². The topological polar surface area (TPSA) is 52.6 Å². The Kier molecular flexibility index (Phi) is 13.0. The Morgan fingerprint density at radius 2 is 1.71 bits per heavy atom. The van der Waals surface area contributed by atoms with Gasteiger partial charge in [-0.15, -0.1) is 5.60 Å². The SMILES string of the molecule is CCC([O-])(CC)[C@@H](C)C(OCc1ccccc1)C(=O)N(C)C.[Cl-].[Mg+2]. The zero-order valence-corrected chi connectivity index (χ0v) is 17.6. The fourth-order valence-corrected chi connectivity index (χ4v) is 2.61. The van der Waals surface area contributed by atoms with Gasteiger partial charge in [-0.2, -0.15) is 0 Å². The van der Waals surface area contributed by atoms with Crippen LogP contribution in [0.5, 0.6) is 0 Å². The Balaban J connectivity index is 0. The molecular formula is C18H28ClMgNO3. The summed E-state index contributed by atoms with van der Waals surface area (Å²) in [6.45, 7) is 5.92. The first kappa shape index (κ1) is 25.9. The molecule has 1 unspecified atom stereocenters. The molecule has 0 radical (unpaired) electrons. The molecule has 24 heavy (non-hydrogen) atoms. The summed E-state index contributed by atoms with van der Waals surface area (Å²) in [6.07, 6.45) is 0.250. The molecule has 0 aliphatic heterocycles. The van der Waals surface area contributed by atoms with Crippen molar-refractivity contribution in [2.24, 2.45) is 5.92 Å². The number of amides is 1. The second kappa shape index (κ2) is 12.1. The molecule has 0 saturated carbocycles. The maximum Gasteiger partial charge on any atom is 2.00 e. The molecule has 0 heterocycles. The molecule has 1 rings (SSSR count). The molecule has 0 spiro atoms. The van der Waals surface area contributed by atoms with Gasteiger partial charge in [0, 0.05) is 14.1 Å². The summed E-state index contributed by atoms with van der Waals surface area (Å²) >= 11 is 0. The minimum absolute atomic E-state index is 0. The molecule has 2 atom stereocenters. The second-order valence-electron chi connectivity index (χ2n) is 6.01. The fourth-order valence-electron chi connectivity index (χ4n) is 2.61. The monoisotopic (exact) mass is 365 g/mol. The van der Waals surface area contributed by atoms with Gasteiger partial charge in [0.25, 0.3) is 5.91 Å². The normalized spacial score (nSPS) is 13.2. The average molecular weight is 366 g/mol. The number of nitrogens with zero attached hydrogens (tertiary/aromatic N) is 1. The molecule has 0 aromatic heterocycles. The number of carbonyl (C=O) groups excluding carboxylic acids is 1. The van der Waals surface area contributed by atoms with Crippen molar-refractivity contribution >= 4 is 29.0 Å². The Labute approximate surface area is 168 Å². The number of ether oxygens (including phenoxy) is 1. The maximum atomic E-state index is 12.9. The van der Waals surface area contributed by atoms with E-state index in [9.17, 15) is 9.90 Å². The molecule has 1 amide bonds. The third kappa shape index (κ3) is 6.88. The van der Waals surface area contributed by atoms with Gasteiger partial charge in [-0.25, -0.2) is 0 Å². The van der Waals surface area contributed by atoms with Crippen LogP contribution in [0.4, 0.5) is 0 Å². The molecule has 1 aromatic rings. The minimum atomic E-state index is -1.15. The van der Waals surface area contributed by atoms with Crippen LogP contribution in [0.2, 0.25) is 0 Å². The van der Waals surface area contributed by atoms with E-state index in [-0.39, 0.29) is 47.3 Å². The van der Waals surface area contributed by atoms with Crippen molar-refractivity contribution in [3.8, 4) is 0 Å². The van der Waals surface area contributed by atoms with Crippen LogP contribution >= 0.6 is 0 Å². The van der Waals surface area contributed by atoms with E-state index < -0.39 is 11.7 Å². The molecule has 4 nitrogen and oxygen atoms in total. The molecule has 0 fully saturated rings. The van der Waals surface area contributed by atoms with Gasteiger partial charge in [0.1, 0.15) is 6.10 Å². The summed E-state index contributed by atoms with van der Waals surface area (Å²) in [5.74, 6) is -0.535. The third-order valence-electron chi connectivity index (χ3n) is 4.44. The Morgan fingerprint density at radius 3 is 2.12 bits per heavy atom. The van der Waals surface area contributed by atoms with Crippen LogP contribution < -0.4 is 17.5 Å². The Hall–Kier alpha value is -0.334. The van der Waals surface area contributed by atoms with Gasteiger partial charge in [0.05, 0.1) is 6.61 Å². The van der Waals surface area contributed by atoms with Crippen molar-refractivity contribution in [1.29, 1.82) is 0 Å². The zero-order chi connectivity index (χ0) is 16.8. The number of hydrogen-bond donors (Lipinski definition) is 0. The standard InChI is InChI=1S/C18H28NO3.ClH.Mg/c1-6-18(21,7-2)14(3)16(17(20)19(4)5)22-13-15-11-9-8-10-12-15;;/h8-12,14,16H,6-7,13H2,1-5H3;1H;/q-1;;+2/p-1/t14-,16?;;/m0../s1. The van der Waals surface area contributed by atoms with Crippen LogP contribution in [-0.2, 0) is 16.1 Å². The predicted octanol–water partition coefficient (Wildman–Crippen LogP) is -1.16. The van der Waals surface area contributed by atoms with E-state index in [0.717, 1.165) is 5.56 Å². The summed E-state index contributed by atoms with van der Waals surface area (Å²) in [4.78, 5) is 13.9. The fraction of sp³-hybridized carbons (Fsp3) is 0.611. The summed E-state index contributed by atoms with van der Waals surface area (Å²) in [5, 5.41) is 12.9. The van der Waals surface area contributed by atoms with Crippen molar-refractivity contribution in [1.82, 2.24) is 4.90 Å². The van der Waals surface area contributed by atoms with Gasteiger partial charge < -0.3 is 27.2 Å². The molecule has 6 heteroatoms. The van der Waals surface area contributed by atoms with Gasteiger partial charge in [-0.05, 0) is 11.5 Å². The van der Waals surface area contributed by atoms with E-state index >= 15 is 0 Å². The number of rotatable bonds is 8. The van der Waals surface area contributed by atoms with E-state index in [4.69, 9.17) is 4.74 Å². The summed E-state index contributed by atoms with van der Waals surface area (Å²) in [7, 11) is 3.39. The largest absolute Gasteiger partial charge is 2.00 e. The first-order valence-electron chi connectivity index (χ1n) is 7.92. The van der Waals surface area contributed by atoms with Gasteiger partial charge in [-0.1, -0.05) is 63.9 Å². The average Bonchev–Trinajstić information content (AvgIpc) is 2.54. The van der Waals surface area contributed by atoms with Crippen molar-refractivity contribution < 1.29 is 27.0 Å². The van der Waals surface area contributed by atoms with Gasteiger partial charge >= 0.3 is 23.1 Å². The first-order chi connectivity index (χ1) is 10.4. The Morgan fingerprint density at radius 1 is 1.21 bits per heavy atom. The molecule has 0 aliphatic carbocycles. The third-order valence-corrected chi connectivity index (χ3v) is 4.44. The first-order valence-corrected chi connectivity index (χ1v) is 7.92. The van der Waals surface area contributed by atoms with Crippen LogP contribution in [0.3, 0.4) is 0 Å². The molecular weight excluding hydrogens is 338 g/mol. The van der Waals surface area contributed by atoms with Crippen molar-refractivity contribution in [3.63, 3.8) is 0 Å². The molecule has 0 N–H and O–H groups in total. The second-order valence-corrected chi connectivity index (χ2v) is 6.01. The van der Waals surface area contributed by atoms with E-state index in [1.54, 1.807) is 14.1 Å². The summed E-state index contributed by atoms with van der Waals surface area (Å²) < 4.78 is 5.87. The van der Waals surface area contributed by atoms with E-state index in [1.165, 1.54) is 4.90 Å². The molecule has 132 valence electrons. The molecule has 0 bridgehead atoms. The van der Waals surface area contributed by atoms with Gasteiger partial charge in [-0.3, -0.25) is 4.79 Å². The number of carbonyl (C=O) groups is 1. The number of halogens is 1. The summed E-state index contributed by atoms with van der Waals surface area (Å²) in [6, 6.07) is 9.70. The van der Waals surface area contributed by atoms with Crippen LogP contribution in [0.1, 0.15) is 39.2 Å². The number of hydrogen-bond acceptors (Lipinski definition) is 3. The summed E-state index contributed by atoms with van der Waals surface area (Å²) in [5.41, 5.74) is -0.150. The van der Waals surface area contributed by atoms with Gasteiger partial charge in [0.2, 0.25) is 0 Å². The molecule has 0 aliphatic rings. The van der Waals surface area contributed by atoms with Crippen LogP contribution in [0.25, 0.3) is 0 Å². The quantitative estimate of drug-likeness (QED) is 0.546. The smallest absolute Gasteiger partial charge is 1.00 e. The molecule has 1 aromatic carbocycles.